The van der Waals surface area contributed by atoms with Crippen molar-refractivity contribution in [2.24, 2.45) is 0 Å². The molecular weight excluding hydrogens is 378 g/mol. The Labute approximate surface area is 149 Å². The Morgan fingerprint density at radius 2 is 1.32 bits per heavy atom. The highest BCUT2D eigenvalue weighted by atomic mass is 31.3. The van der Waals surface area contributed by atoms with Crippen molar-refractivity contribution >= 4 is 15.6 Å². The van der Waals surface area contributed by atoms with Crippen molar-refractivity contribution in [2.75, 3.05) is 26.4 Å². The zero-order chi connectivity index (χ0) is 19.8. The van der Waals surface area contributed by atoms with Crippen LogP contribution in [0.2, 0.25) is 0 Å². The van der Waals surface area contributed by atoms with Gasteiger partial charge in [0.25, 0.3) is 0 Å². The first-order chi connectivity index (χ1) is 11.6. The minimum absolute atomic E-state index is 0.0555. The van der Waals surface area contributed by atoms with Crippen LogP contribution < -0.4 is 0 Å². The predicted octanol–water partition coefficient (Wildman–Crippen LogP) is 1.95. The summed E-state index contributed by atoms with van der Waals surface area (Å²) in [6.45, 7) is 6.43. The number of aliphatic hydroxyl groups excluding tert-OH is 1. The molecule has 0 aliphatic rings. The van der Waals surface area contributed by atoms with Crippen LogP contribution in [0.1, 0.15) is 52.4 Å². The molecule has 12 heteroatoms. The van der Waals surface area contributed by atoms with Crippen molar-refractivity contribution in [1.29, 1.82) is 0 Å². The average Bonchev–Trinajstić information content (AvgIpc) is 2.46. The highest BCUT2D eigenvalue weighted by molar-refractivity contribution is 7.60. The van der Waals surface area contributed by atoms with E-state index >= 15 is 0 Å². The van der Waals surface area contributed by atoms with Crippen molar-refractivity contribution < 1.29 is 47.6 Å². The van der Waals surface area contributed by atoms with Crippen LogP contribution in [0.4, 0.5) is 0 Å². The maximum absolute atomic E-state index is 9.63. The fourth-order valence-corrected chi connectivity index (χ4v) is 2.67. The molecule has 0 saturated heterocycles. The molecule has 0 saturated carbocycles. The molecule has 154 valence electrons. The fourth-order valence-electron chi connectivity index (χ4n) is 1.56. The summed E-state index contributed by atoms with van der Waals surface area (Å²) < 4.78 is 33.2. The number of hydrogen-bond acceptors (Lipinski definition) is 6. The summed E-state index contributed by atoms with van der Waals surface area (Å²) in [5.41, 5.74) is 0. The van der Waals surface area contributed by atoms with E-state index in [1.165, 1.54) is 25.7 Å². The smallest absolute Gasteiger partial charge is 0.394 e. The molecular formula is C13H32O10P2. The zero-order valence-corrected chi connectivity index (χ0v) is 16.6. The molecule has 5 N–H and O–H groups in total. The monoisotopic (exact) mass is 410 g/mol. The van der Waals surface area contributed by atoms with Crippen molar-refractivity contribution in [2.45, 2.75) is 58.5 Å². The van der Waals surface area contributed by atoms with Gasteiger partial charge in [-0.25, -0.2) is 9.13 Å². The van der Waals surface area contributed by atoms with Gasteiger partial charge in [0.15, 0.2) is 0 Å². The van der Waals surface area contributed by atoms with Crippen molar-refractivity contribution in [3.05, 3.63) is 0 Å². The standard InChI is InChI=1S/C13H28O3.H4O7P2/c1-3-5-7-9-15-12-13(11-14)16-10-8-6-4-2;1-8(2,3)7-9(4,5)6/h13-14H,3-12H2,1-2H3;(H2,1,2,3)(H2,4,5,6)/t13-;/m0./s1. The summed E-state index contributed by atoms with van der Waals surface area (Å²) in [5, 5.41) is 9.08. The van der Waals surface area contributed by atoms with Crippen LogP contribution in [0.3, 0.4) is 0 Å². The van der Waals surface area contributed by atoms with Gasteiger partial charge in [0, 0.05) is 13.2 Å². The molecule has 0 radical (unpaired) electrons. The third-order valence-corrected chi connectivity index (χ3v) is 4.42. The minimum Gasteiger partial charge on any atom is -0.394 e. The molecule has 0 aromatic rings. The molecule has 10 nitrogen and oxygen atoms in total. The molecule has 0 heterocycles. The molecule has 0 spiro atoms. The third kappa shape index (κ3) is 26.5. The normalized spacial score (nSPS) is 13.2. The maximum atomic E-state index is 9.63. The van der Waals surface area contributed by atoms with Gasteiger partial charge in [0.2, 0.25) is 0 Å². The molecule has 1 atom stereocenters. The SMILES string of the molecule is CCCCCOC[C@H](CO)OCCCCC.O=P(O)(O)OP(=O)(O)O. The number of phosphoric acid groups is 2. The number of aliphatic hydroxyl groups is 1. The Hall–Kier alpha value is 0.140. The van der Waals surface area contributed by atoms with E-state index in [0.717, 1.165) is 26.1 Å². The second-order valence-corrected chi connectivity index (χ2v) is 7.84. The van der Waals surface area contributed by atoms with E-state index in [2.05, 4.69) is 18.2 Å². The minimum atomic E-state index is -5.05. The Kier molecular flexibility index (Phi) is 17.9. The molecule has 0 aliphatic carbocycles. The third-order valence-electron chi connectivity index (χ3n) is 2.71. The van der Waals surface area contributed by atoms with E-state index in [1.807, 2.05) is 0 Å². The van der Waals surface area contributed by atoms with Crippen molar-refractivity contribution in [3.63, 3.8) is 0 Å². The molecule has 0 unspecified atom stereocenters. The second kappa shape index (κ2) is 16.3. The van der Waals surface area contributed by atoms with Gasteiger partial charge in [-0.3, -0.25) is 0 Å². The van der Waals surface area contributed by atoms with Gasteiger partial charge in [0.1, 0.15) is 6.10 Å². The summed E-state index contributed by atoms with van der Waals surface area (Å²) in [4.78, 5) is 31.0. The summed E-state index contributed by atoms with van der Waals surface area (Å²) in [6, 6.07) is 0. The largest absolute Gasteiger partial charge is 0.478 e. The first-order valence-electron chi connectivity index (χ1n) is 8.18. The average molecular weight is 410 g/mol. The maximum Gasteiger partial charge on any atom is 0.478 e. The molecule has 0 fully saturated rings. The highest BCUT2D eigenvalue weighted by Gasteiger charge is 2.27. The summed E-state index contributed by atoms with van der Waals surface area (Å²) >= 11 is 0. The lowest BCUT2D eigenvalue weighted by atomic mass is 10.2. The van der Waals surface area contributed by atoms with E-state index in [1.54, 1.807) is 0 Å². The van der Waals surface area contributed by atoms with Gasteiger partial charge in [-0.05, 0) is 12.8 Å². The Morgan fingerprint density at radius 1 is 0.840 bits per heavy atom. The second-order valence-electron chi connectivity index (χ2n) is 5.23. The van der Waals surface area contributed by atoms with Gasteiger partial charge in [0.05, 0.1) is 13.2 Å². The Bertz CT molecular complexity index is 361. The van der Waals surface area contributed by atoms with Gasteiger partial charge < -0.3 is 34.2 Å². The quantitative estimate of drug-likeness (QED) is 0.211. The van der Waals surface area contributed by atoms with Crippen molar-refractivity contribution in [3.8, 4) is 0 Å². The van der Waals surface area contributed by atoms with Crippen LogP contribution in [0.15, 0.2) is 0 Å². The van der Waals surface area contributed by atoms with E-state index in [9.17, 15) is 9.13 Å². The van der Waals surface area contributed by atoms with Gasteiger partial charge in [-0.1, -0.05) is 39.5 Å². The van der Waals surface area contributed by atoms with Crippen LogP contribution >= 0.6 is 15.6 Å². The molecule has 0 aromatic heterocycles. The summed E-state index contributed by atoms with van der Waals surface area (Å²) in [6.07, 6.45) is 6.84. The number of hydrogen-bond donors (Lipinski definition) is 5. The van der Waals surface area contributed by atoms with E-state index < -0.39 is 15.6 Å². The predicted molar refractivity (Wildman–Crippen MR) is 91.9 cm³/mol. The first kappa shape index (κ1) is 27.4. The van der Waals surface area contributed by atoms with E-state index in [4.69, 9.17) is 34.2 Å². The lowest BCUT2D eigenvalue weighted by molar-refractivity contribution is -0.0436. The highest BCUT2D eigenvalue weighted by Crippen LogP contribution is 2.53. The number of ether oxygens (including phenoxy) is 2. The molecule has 0 amide bonds. The van der Waals surface area contributed by atoms with Crippen LogP contribution in [0.5, 0.6) is 0 Å². The molecule has 0 aliphatic heterocycles. The Balaban J connectivity index is 0. The number of rotatable bonds is 14. The summed E-state index contributed by atoms with van der Waals surface area (Å²) in [7, 11) is -10.1. The zero-order valence-electron chi connectivity index (χ0n) is 14.8. The molecule has 0 rings (SSSR count). The lowest BCUT2D eigenvalue weighted by Crippen LogP contribution is -2.24. The fraction of sp³-hybridized carbons (Fsp3) is 1.00. The summed E-state index contributed by atoms with van der Waals surface area (Å²) in [5.74, 6) is 0. The van der Waals surface area contributed by atoms with Crippen LogP contribution in [0.25, 0.3) is 0 Å². The lowest BCUT2D eigenvalue weighted by Gasteiger charge is -2.15. The van der Waals surface area contributed by atoms with Crippen LogP contribution in [-0.4, -0.2) is 57.2 Å². The topological polar surface area (TPSA) is 163 Å². The Morgan fingerprint density at radius 3 is 1.68 bits per heavy atom. The first-order valence-corrected chi connectivity index (χ1v) is 11.2. The van der Waals surface area contributed by atoms with E-state index in [0.29, 0.717) is 6.61 Å². The van der Waals surface area contributed by atoms with Crippen LogP contribution in [0, 0.1) is 0 Å². The van der Waals surface area contributed by atoms with E-state index in [-0.39, 0.29) is 12.7 Å². The molecule has 0 aromatic carbocycles. The number of unbranched alkanes of at least 4 members (excludes halogenated alkanes) is 4. The van der Waals surface area contributed by atoms with Crippen LogP contribution in [-0.2, 0) is 22.9 Å². The van der Waals surface area contributed by atoms with Crippen molar-refractivity contribution in [1.82, 2.24) is 0 Å². The van der Waals surface area contributed by atoms with Gasteiger partial charge in [-0.15, -0.1) is 0 Å². The van der Waals surface area contributed by atoms with Gasteiger partial charge in [-0.2, -0.15) is 4.31 Å². The molecule has 0 bridgehead atoms. The molecule has 25 heavy (non-hydrogen) atoms. The van der Waals surface area contributed by atoms with Gasteiger partial charge >= 0.3 is 15.6 Å².